The molecule has 1 saturated heterocycles. The number of methoxy groups -OCH3 is 1. The predicted octanol–water partition coefficient (Wildman–Crippen LogP) is 2.06. The van der Waals surface area contributed by atoms with Gasteiger partial charge in [-0.1, -0.05) is 0 Å². The number of ether oxygens (including phenoxy) is 1. The van der Waals surface area contributed by atoms with Crippen molar-refractivity contribution in [2.75, 3.05) is 32.2 Å². The monoisotopic (exact) mass is 269 g/mol. The predicted molar refractivity (Wildman–Crippen MR) is 71.0 cm³/mol. The van der Waals surface area contributed by atoms with Crippen molar-refractivity contribution in [2.24, 2.45) is 0 Å². The van der Waals surface area contributed by atoms with E-state index in [1.807, 2.05) is 11.9 Å². The Hall–Kier alpha value is -1.07. The van der Waals surface area contributed by atoms with E-state index in [9.17, 15) is 9.18 Å². The molecule has 1 aliphatic rings. The minimum Gasteiger partial charge on any atom is -0.494 e. The first-order chi connectivity index (χ1) is 8.63. The van der Waals surface area contributed by atoms with E-state index in [4.69, 9.17) is 4.74 Å². The molecular weight excluding hydrogens is 253 g/mol. The van der Waals surface area contributed by atoms with E-state index in [0.29, 0.717) is 5.56 Å². The van der Waals surface area contributed by atoms with Crippen molar-refractivity contribution in [1.29, 1.82) is 0 Å². The van der Waals surface area contributed by atoms with Crippen LogP contribution in [0.3, 0.4) is 0 Å². The normalized spacial score (nSPS) is 20.7. The number of carbonyl (C=O) groups is 1. The van der Waals surface area contributed by atoms with Gasteiger partial charge >= 0.3 is 0 Å². The third-order valence-corrected chi connectivity index (χ3v) is 4.16. The summed E-state index contributed by atoms with van der Waals surface area (Å²) in [4.78, 5) is 14.3. The van der Waals surface area contributed by atoms with Crippen LogP contribution in [0.2, 0.25) is 0 Å². The fraction of sp³-hybridized carbons (Fsp3) is 0.462. The number of halogens is 1. The maximum atomic E-state index is 13.6. The van der Waals surface area contributed by atoms with Gasteiger partial charge in [0.15, 0.2) is 17.3 Å². The number of hydrogen-bond donors (Lipinski definition) is 0. The number of rotatable bonds is 3. The quantitative estimate of drug-likeness (QED) is 0.786. The van der Waals surface area contributed by atoms with Gasteiger partial charge in [0.2, 0.25) is 0 Å². The summed E-state index contributed by atoms with van der Waals surface area (Å²) in [6.45, 7) is 0.889. The summed E-state index contributed by atoms with van der Waals surface area (Å²) in [5.41, 5.74) is 0.410. The van der Waals surface area contributed by atoms with Crippen molar-refractivity contribution in [3.8, 4) is 5.75 Å². The molecule has 0 aliphatic carbocycles. The molecule has 1 unspecified atom stereocenters. The lowest BCUT2D eigenvalue weighted by Crippen LogP contribution is -2.44. The van der Waals surface area contributed by atoms with Gasteiger partial charge in [-0.05, 0) is 25.2 Å². The second kappa shape index (κ2) is 5.71. The minimum atomic E-state index is -0.491. The zero-order valence-electron chi connectivity index (χ0n) is 10.5. The number of benzene rings is 1. The fourth-order valence-electron chi connectivity index (χ4n) is 1.97. The lowest BCUT2D eigenvalue weighted by atomic mass is 10.0. The summed E-state index contributed by atoms with van der Waals surface area (Å²) < 4.78 is 18.4. The minimum absolute atomic E-state index is 0.0220. The van der Waals surface area contributed by atoms with Crippen molar-refractivity contribution < 1.29 is 13.9 Å². The van der Waals surface area contributed by atoms with Crippen LogP contribution in [-0.4, -0.2) is 48.9 Å². The van der Waals surface area contributed by atoms with Gasteiger partial charge in [-0.3, -0.25) is 9.69 Å². The molecule has 1 heterocycles. The number of likely N-dealkylation sites (N-methyl/N-ethyl adjacent to an activating group) is 1. The van der Waals surface area contributed by atoms with Gasteiger partial charge in [0, 0.05) is 23.6 Å². The summed E-state index contributed by atoms with van der Waals surface area (Å²) in [5, 5.41) is 0. The van der Waals surface area contributed by atoms with Crippen molar-refractivity contribution in [3.05, 3.63) is 29.6 Å². The van der Waals surface area contributed by atoms with Crippen LogP contribution in [0.15, 0.2) is 18.2 Å². The van der Waals surface area contributed by atoms with Crippen LogP contribution in [0.1, 0.15) is 10.4 Å². The molecule has 1 aliphatic heterocycles. The highest BCUT2D eigenvalue weighted by atomic mass is 32.2. The molecule has 98 valence electrons. The summed E-state index contributed by atoms with van der Waals surface area (Å²) in [5.74, 6) is 1.46. The standard InChI is InChI=1S/C13H16FNO2S/c1-15-5-6-18-8-11(15)13(16)9-3-4-12(17-2)10(14)7-9/h3-4,7,11H,5-6,8H2,1-2H3. The van der Waals surface area contributed by atoms with Crippen LogP contribution in [0.25, 0.3) is 0 Å². The Bertz CT molecular complexity index is 453. The molecule has 0 bridgehead atoms. The molecule has 0 aromatic heterocycles. The van der Waals surface area contributed by atoms with E-state index in [1.165, 1.54) is 19.2 Å². The SMILES string of the molecule is COc1ccc(C(=O)C2CSCCN2C)cc1F. The molecule has 0 spiro atoms. The van der Waals surface area contributed by atoms with Gasteiger partial charge in [0.25, 0.3) is 0 Å². The molecular formula is C13H16FNO2S. The largest absolute Gasteiger partial charge is 0.494 e. The van der Waals surface area contributed by atoms with Gasteiger partial charge in [0.05, 0.1) is 13.2 Å². The van der Waals surface area contributed by atoms with Crippen molar-refractivity contribution in [2.45, 2.75) is 6.04 Å². The average Bonchev–Trinajstić information content (AvgIpc) is 2.38. The summed E-state index contributed by atoms with van der Waals surface area (Å²) in [6, 6.07) is 4.22. The highest BCUT2D eigenvalue weighted by Crippen LogP contribution is 2.22. The van der Waals surface area contributed by atoms with E-state index in [-0.39, 0.29) is 17.6 Å². The molecule has 3 nitrogen and oxygen atoms in total. The molecule has 2 rings (SSSR count). The lowest BCUT2D eigenvalue weighted by Gasteiger charge is -2.30. The first-order valence-electron chi connectivity index (χ1n) is 5.79. The molecule has 0 N–H and O–H groups in total. The van der Waals surface area contributed by atoms with E-state index >= 15 is 0 Å². The van der Waals surface area contributed by atoms with Crippen molar-refractivity contribution in [1.82, 2.24) is 4.90 Å². The van der Waals surface area contributed by atoms with E-state index in [0.717, 1.165) is 18.1 Å². The van der Waals surface area contributed by atoms with E-state index in [1.54, 1.807) is 17.8 Å². The highest BCUT2D eigenvalue weighted by molar-refractivity contribution is 7.99. The molecule has 1 aromatic rings. The van der Waals surface area contributed by atoms with Crippen LogP contribution >= 0.6 is 11.8 Å². The molecule has 1 aromatic carbocycles. The Balaban J connectivity index is 2.20. The molecule has 18 heavy (non-hydrogen) atoms. The van der Waals surface area contributed by atoms with Gasteiger partial charge in [-0.15, -0.1) is 0 Å². The van der Waals surface area contributed by atoms with Gasteiger partial charge in [-0.25, -0.2) is 4.39 Å². The van der Waals surface area contributed by atoms with Crippen LogP contribution < -0.4 is 4.74 Å². The number of nitrogens with zero attached hydrogens (tertiary/aromatic N) is 1. The van der Waals surface area contributed by atoms with Gasteiger partial charge < -0.3 is 4.74 Å². The summed E-state index contributed by atoms with van der Waals surface area (Å²) in [6.07, 6.45) is 0. The number of thioether (sulfide) groups is 1. The molecule has 0 amide bonds. The highest BCUT2D eigenvalue weighted by Gasteiger charge is 2.27. The fourth-order valence-corrected chi connectivity index (χ4v) is 3.19. The number of hydrogen-bond acceptors (Lipinski definition) is 4. The Morgan fingerprint density at radius 2 is 2.33 bits per heavy atom. The third kappa shape index (κ3) is 2.67. The van der Waals surface area contributed by atoms with E-state index in [2.05, 4.69) is 0 Å². The Kier molecular flexibility index (Phi) is 4.24. The second-order valence-electron chi connectivity index (χ2n) is 4.28. The maximum absolute atomic E-state index is 13.6. The first kappa shape index (κ1) is 13.4. The summed E-state index contributed by atoms with van der Waals surface area (Å²) >= 11 is 1.76. The topological polar surface area (TPSA) is 29.5 Å². The maximum Gasteiger partial charge on any atom is 0.180 e. The van der Waals surface area contributed by atoms with Gasteiger partial charge in [-0.2, -0.15) is 11.8 Å². The molecule has 1 atom stereocenters. The molecule has 0 saturated carbocycles. The van der Waals surface area contributed by atoms with Crippen LogP contribution in [0.4, 0.5) is 4.39 Å². The Morgan fingerprint density at radius 3 is 2.94 bits per heavy atom. The first-order valence-corrected chi connectivity index (χ1v) is 6.94. The van der Waals surface area contributed by atoms with Crippen molar-refractivity contribution in [3.63, 3.8) is 0 Å². The average molecular weight is 269 g/mol. The second-order valence-corrected chi connectivity index (χ2v) is 5.43. The lowest BCUT2D eigenvalue weighted by molar-refractivity contribution is 0.0874. The smallest absolute Gasteiger partial charge is 0.180 e. The summed E-state index contributed by atoms with van der Waals surface area (Å²) in [7, 11) is 3.34. The van der Waals surface area contributed by atoms with Crippen LogP contribution in [0, 0.1) is 5.82 Å². The molecule has 1 fully saturated rings. The molecule has 0 radical (unpaired) electrons. The number of carbonyl (C=O) groups excluding carboxylic acids is 1. The van der Waals surface area contributed by atoms with Crippen molar-refractivity contribution >= 4 is 17.5 Å². The van der Waals surface area contributed by atoms with Crippen LogP contribution in [0.5, 0.6) is 5.75 Å². The van der Waals surface area contributed by atoms with Crippen LogP contribution in [-0.2, 0) is 0 Å². The van der Waals surface area contributed by atoms with Gasteiger partial charge in [0.1, 0.15) is 0 Å². The zero-order chi connectivity index (χ0) is 13.1. The Morgan fingerprint density at radius 1 is 1.56 bits per heavy atom. The Labute approximate surface area is 110 Å². The third-order valence-electron chi connectivity index (χ3n) is 3.14. The van der Waals surface area contributed by atoms with E-state index < -0.39 is 5.82 Å². The number of Topliss-reactive ketones (excluding diaryl/α,β-unsaturated/α-hetero) is 1. The number of ketones is 1. The molecule has 5 heteroatoms. The zero-order valence-corrected chi connectivity index (χ0v) is 11.3.